The van der Waals surface area contributed by atoms with Crippen molar-refractivity contribution >= 4 is 34.8 Å². The van der Waals surface area contributed by atoms with Crippen LogP contribution in [0, 0.1) is 0 Å². The summed E-state index contributed by atoms with van der Waals surface area (Å²) in [6.45, 7) is 8.59. The second kappa shape index (κ2) is 8.80. The van der Waals surface area contributed by atoms with E-state index in [-0.39, 0.29) is 17.7 Å². The fraction of sp³-hybridized carbons (Fsp3) is 0.458. The van der Waals surface area contributed by atoms with Gasteiger partial charge in [0.05, 0.1) is 0 Å². The van der Waals surface area contributed by atoms with Gasteiger partial charge in [0, 0.05) is 56.6 Å². The molecule has 174 valence electrons. The Bertz CT molecular complexity index is 1160. The number of fused-ring (bicyclic) bond motifs is 1. The monoisotopic (exact) mass is 449 g/mol. The highest BCUT2D eigenvalue weighted by Crippen LogP contribution is 2.27. The highest BCUT2D eigenvalue weighted by molar-refractivity contribution is 5.87. The number of Topliss-reactive ketones (excluding diaryl/α,β-unsaturated/α-hetero) is 1. The Morgan fingerprint density at radius 1 is 1.12 bits per heavy atom. The molecule has 0 spiro atoms. The third-order valence-electron chi connectivity index (χ3n) is 6.77. The molecule has 2 aromatic heterocycles. The molecule has 1 aromatic carbocycles. The second-order valence-corrected chi connectivity index (χ2v) is 9.19. The van der Waals surface area contributed by atoms with Gasteiger partial charge in [0.15, 0.2) is 11.5 Å². The van der Waals surface area contributed by atoms with Gasteiger partial charge >= 0.3 is 0 Å². The van der Waals surface area contributed by atoms with Crippen LogP contribution in [0.25, 0.3) is 5.65 Å². The maximum absolute atomic E-state index is 11.9. The lowest BCUT2D eigenvalue weighted by Crippen LogP contribution is -2.45. The molecule has 1 N–H and O–H groups in total. The Hall–Kier alpha value is -3.49. The normalized spacial score (nSPS) is 15.0. The summed E-state index contributed by atoms with van der Waals surface area (Å²) in [5.41, 5.74) is 1.96. The van der Waals surface area contributed by atoms with Gasteiger partial charge in [-0.05, 0) is 51.3 Å². The van der Waals surface area contributed by atoms with Crippen LogP contribution in [0.15, 0.2) is 36.7 Å². The fourth-order valence-electron chi connectivity index (χ4n) is 4.15. The molecule has 4 rings (SSSR count). The van der Waals surface area contributed by atoms with Crippen LogP contribution in [0.2, 0.25) is 0 Å². The zero-order valence-electron chi connectivity index (χ0n) is 19.9. The van der Waals surface area contributed by atoms with Crippen molar-refractivity contribution in [2.24, 2.45) is 0 Å². The van der Waals surface area contributed by atoms with E-state index in [1.807, 2.05) is 50.1 Å². The Morgan fingerprint density at radius 3 is 2.39 bits per heavy atom. The third kappa shape index (κ3) is 4.53. The molecule has 1 aliphatic heterocycles. The Kier molecular flexibility index (Phi) is 6.05. The summed E-state index contributed by atoms with van der Waals surface area (Å²) in [6.07, 6.45) is 5.28. The number of hydrogen-bond acceptors (Lipinski definition) is 7. The summed E-state index contributed by atoms with van der Waals surface area (Å²) < 4.78 is 1.72. The molecule has 3 heterocycles. The molecule has 0 radical (unpaired) electrons. The van der Waals surface area contributed by atoms with Crippen molar-refractivity contribution < 1.29 is 9.59 Å². The summed E-state index contributed by atoms with van der Waals surface area (Å²) in [4.78, 5) is 36.8. The minimum absolute atomic E-state index is 0.126. The highest BCUT2D eigenvalue weighted by Gasteiger charge is 2.27. The molecule has 9 heteroatoms. The predicted octanol–water partition coefficient (Wildman–Crippen LogP) is 3.18. The number of aromatic nitrogens is 4. The zero-order valence-corrected chi connectivity index (χ0v) is 19.9. The van der Waals surface area contributed by atoms with Gasteiger partial charge in [0.1, 0.15) is 5.78 Å². The SMILES string of the molecule is CC(=O)N1CCC(N(C)c2nccn3nc(Nc4ccc(C(C)(C)C(C)=O)cc4)nc23)CC1. The molecule has 3 aromatic rings. The number of ketones is 1. The number of piperidine rings is 1. The first-order valence-electron chi connectivity index (χ1n) is 11.2. The number of nitrogens with zero attached hydrogens (tertiary/aromatic N) is 6. The van der Waals surface area contributed by atoms with Crippen LogP contribution in [-0.2, 0) is 15.0 Å². The van der Waals surface area contributed by atoms with E-state index in [0.717, 1.165) is 43.0 Å². The molecule has 1 saturated heterocycles. The fourth-order valence-corrected chi connectivity index (χ4v) is 4.15. The predicted molar refractivity (Wildman–Crippen MR) is 128 cm³/mol. The van der Waals surface area contributed by atoms with E-state index in [4.69, 9.17) is 0 Å². The van der Waals surface area contributed by atoms with E-state index < -0.39 is 5.41 Å². The van der Waals surface area contributed by atoms with Gasteiger partial charge in [-0.2, -0.15) is 4.98 Å². The van der Waals surface area contributed by atoms with Crippen LogP contribution in [0.1, 0.15) is 46.1 Å². The van der Waals surface area contributed by atoms with E-state index in [2.05, 4.69) is 25.3 Å². The van der Waals surface area contributed by atoms with Gasteiger partial charge in [-0.15, -0.1) is 5.10 Å². The smallest absolute Gasteiger partial charge is 0.247 e. The van der Waals surface area contributed by atoms with Crippen molar-refractivity contribution in [1.82, 2.24) is 24.5 Å². The van der Waals surface area contributed by atoms with Crippen molar-refractivity contribution in [3.63, 3.8) is 0 Å². The van der Waals surface area contributed by atoms with E-state index in [1.54, 1.807) is 30.8 Å². The van der Waals surface area contributed by atoms with Crippen molar-refractivity contribution in [3.05, 3.63) is 42.2 Å². The standard InChI is InChI=1S/C24H31N7O2/c1-16(32)24(3,4)18-6-8-19(9-7-18)26-23-27-22-21(25-12-15-31(22)28-23)29(5)20-10-13-30(14-11-20)17(2)33/h6-9,12,15,20H,10-11,13-14H2,1-5H3,(H,26,28). The molecule has 1 amide bonds. The maximum atomic E-state index is 11.9. The highest BCUT2D eigenvalue weighted by atomic mass is 16.2. The minimum atomic E-state index is -0.522. The first-order chi connectivity index (χ1) is 15.7. The number of benzene rings is 1. The summed E-state index contributed by atoms with van der Waals surface area (Å²) in [5.74, 6) is 1.49. The number of carbonyl (C=O) groups excluding carboxylic acids is 2. The Morgan fingerprint density at radius 2 is 1.79 bits per heavy atom. The number of anilines is 3. The third-order valence-corrected chi connectivity index (χ3v) is 6.77. The van der Waals surface area contributed by atoms with Gasteiger partial charge in [-0.1, -0.05) is 12.1 Å². The first-order valence-corrected chi connectivity index (χ1v) is 11.2. The zero-order chi connectivity index (χ0) is 23.8. The van der Waals surface area contributed by atoms with Gasteiger partial charge < -0.3 is 15.1 Å². The number of nitrogens with one attached hydrogen (secondary N) is 1. The molecule has 1 fully saturated rings. The van der Waals surface area contributed by atoms with E-state index >= 15 is 0 Å². The molecule has 9 nitrogen and oxygen atoms in total. The number of hydrogen-bond donors (Lipinski definition) is 1. The molecule has 0 saturated carbocycles. The quantitative estimate of drug-likeness (QED) is 0.617. The van der Waals surface area contributed by atoms with E-state index in [9.17, 15) is 9.59 Å². The molecule has 0 unspecified atom stereocenters. The van der Waals surface area contributed by atoms with Gasteiger partial charge in [-0.3, -0.25) is 9.59 Å². The minimum Gasteiger partial charge on any atom is -0.353 e. The average molecular weight is 450 g/mol. The Labute approximate surface area is 193 Å². The maximum Gasteiger partial charge on any atom is 0.247 e. The van der Waals surface area contributed by atoms with Gasteiger partial charge in [0.2, 0.25) is 11.9 Å². The number of amides is 1. The largest absolute Gasteiger partial charge is 0.353 e. The summed E-state index contributed by atoms with van der Waals surface area (Å²) in [6, 6.07) is 8.05. The lowest BCUT2D eigenvalue weighted by Gasteiger charge is -2.36. The van der Waals surface area contributed by atoms with Gasteiger partial charge in [0.25, 0.3) is 0 Å². The first kappa shape index (κ1) is 22.7. The summed E-state index contributed by atoms with van der Waals surface area (Å²) in [5, 5.41) is 7.80. The second-order valence-electron chi connectivity index (χ2n) is 9.19. The van der Waals surface area contributed by atoms with Crippen LogP contribution < -0.4 is 10.2 Å². The molecule has 33 heavy (non-hydrogen) atoms. The van der Waals surface area contributed by atoms with Crippen LogP contribution in [0.5, 0.6) is 0 Å². The summed E-state index contributed by atoms with van der Waals surface area (Å²) >= 11 is 0. The number of carbonyl (C=O) groups is 2. The van der Waals surface area contributed by atoms with Crippen molar-refractivity contribution in [1.29, 1.82) is 0 Å². The van der Waals surface area contributed by atoms with Crippen molar-refractivity contribution in [2.45, 2.75) is 52.0 Å². The molecule has 0 atom stereocenters. The Balaban J connectivity index is 1.52. The average Bonchev–Trinajstić information content (AvgIpc) is 3.21. The topological polar surface area (TPSA) is 95.7 Å². The number of likely N-dealkylation sites (tertiary alicyclic amines) is 1. The van der Waals surface area contributed by atoms with Crippen LogP contribution in [-0.4, -0.2) is 62.4 Å². The van der Waals surface area contributed by atoms with E-state index in [0.29, 0.717) is 11.6 Å². The lowest BCUT2D eigenvalue weighted by atomic mass is 9.81. The van der Waals surface area contributed by atoms with Crippen LogP contribution >= 0.6 is 0 Å². The number of rotatable bonds is 6. The lowest BCUT2D eigenvalue weighted by molar-refractivity contribution is -0.129. The molecule has 0 aliphatic carbocycles. The van der Waals surface area contributed by atoms with Crippen molar-refractivity contribution in [2.75, 3.05) is 30.4 Å². The van der Waals surface area contributed by atoms with E-state index in [1.165, 1.54) is 0 Å². The van der Waals surface area contributed by atoms with Crippen LogP contribution in [0.3, 0.4) is 0 Å². The molecular formula is C24H31N7O2. The molecule has 0 bridgehead atoms. The molecule has 1 aliphatic rings. The van der Waals surface area contributed by atoms with Crippen LogP contribution in [0.4, 0.5) is 17.5 Å². The summed E-state index contributed by atoms with van der Waals surface area (Å²) in [7, 11) is 2.02. The van der Waals surface area contributed by atoms with Gasteiger partial charge in [-0.25, -0.2) is 9.50 Å². The molecular weight excluding hydrogens is 418 g/mol. The van der Waals surface area contributed by atoms with Crippen molar-refractivity contribution in [3.8, 4) is 0 Å².